The molecule has 0 aliphatic rings. The van der Waals surface area contributed by atoms with Crippen LogP contribution in [-0.2, 0) is 9.59 Å². The summed E-state index contributed by atoms with van der Waals surface area (Å²) >= 11 is 0. The summed E-state index contributed by atoms with van der Waals surface area (Å²) < 4.78 is 5.05. The summed E-state index contributed by atoms with van der Waals surface area (Å²) in [5.41, 5.74) is 5.61. The first-order valence-corrected chi connectivity index (χ1v) is 7.06. The van der Waals surface area contributed by atoms with Gasteiger partial charge in [0.2, 0.25) is 5.91 Å². The summed E-state index contributed by atoms with van der Waals surface area (Å²) in [6, 6.07) is 7.30. The van der Waals surface area contributed by atoms with Crippen LogP contribution in [0.25, 0.3) is 6.08 Å². The lowest BCUT2D eigenvalue weighted by Gasteiger charge is -2.04. The lowest BCUT2D eigenvalue weighted by Crippen LogP contribution is -2.40. The van der Waals surface area contributed by atoms with Crippen LogP contribution in [0.4, 0.5) is 0 Å². The first-order valence-electron chi connectivity index (χ1n) is 7.06. The van der Waals surface area contributed by atoms with E-state index in [1.54, 1.807) is 13.2 Å². The smallest absolute Gasteiger partial charge is 0.262 e. The highest BCUT2D eigenvalue weighted by molar-refractivity contribution is 5.93. The van der Waals surface area contributed by atoms with Crippen LogP contribution >= 0.6 is 0 Å². The van der Waals surface area contributed by atoms with Crippen LogP contribution in [0.2, 0.25) is 0 Å². The number of unbranched alkanes of at least 4 members (excludes halogenated alkanes) is 2. The number of ether oxygens (including phenoxy) is 1. The van der Waals surface area contributed by atoms with Crippen LogP contribution in [0.3, 0.4) is 0 Å². The maximum Gasteiger partial charge on any atom is 0.262 e. The topological polar surface area (TPSA) is 67.4 Å². The van der Waals surface area contributed by atoms with E-state index in [9.17, 15) is 9.59 Å². The molecule has 0 saturated heterocycles. The van der Waals surface area contributed by atoms with Gasteiger partial charge in [0.05, 0.1) is 7.11 Å². The lowest BCUT2D eigenvalue weighted by molar-refractivity contribution is -0.126. The van der Waals surface area contributed by atoms with E-state index in [-0.39, 0.29) is 11.8 Å². The van der Waals surface area contributed by atoms with E-state index in [2.05, 4.69) is 17.8 Å². The number of nitrogens with one attached hydrogen (secondary N) is 2. The Balaban J connectivity index is 2.32. The van der Waals surface area contributed by atoms with Gasteiger partial charge >= 0.3 is 0 Å². The van der Waals surface area contributed by atoms with Crippen LogP contribution in [0, 0.1) is 0 Å². The number of carbonyl (C=O) groups is 2. The van der Waals surface area contributed by atoms with Gasteiger partial charge in [-0.25, -0.2) is 0 Å². The van der Waals surface area contributed by atoms with Crippen LogP contribution in [0.5, 0.6) is 5.75 Å². The fraction of sp³-hybridized carbons (Fsp3) is 0.375. The van der Waals surface area contributed by atoms with Gasteiger partial charge in [-0.3, -0.25) is 20.4 Å². The zero-order chi connectivity index (χ0) is 15.5. The molecule has 5 nitrogen and oxygen atoms in total. The summed E-state index contributed by atoms with van der Waals surface area (Å²) in [5, 5.41) is 0. The Morgan fingerprint density at radius 3 is 2.48 bits per heavy atom. The van der Waals surface area contributed by atoms with Gasteiger partial charge in [0, 0.05) is 12.5 Å². The Bertz CT molecular complexity index is 481. The average Bonchev–Trinajstić information content (AvgIpc) is 2.51. The number of carbonyl (C=O) groups excluding carboxylic acids is 2. The second kappa shape index (κ2) is 9.58. The molecule has 0 atom stereocenters. The van der Waals surface area contributed by atoms with Crippen LogP contribution < -0.4 is 15.6 Å². The van der Waals surface area contributed by atoms with Gasteiger partial charge in [0.15, 0.2) is 0 Å². The zero-order valence-corrected chi connectivity index (χ0v) is 12.5. The average molecular weight is 290 g/mol. The van der Waals surface area contributed by atoms with Gasteiger partial charge < -0.3 is 4.74 Å². The largest absolute Gasteiger partial charge is 0.497 e. The van der Waals surface area contributed by atoms with E-state index in [1.807, 2.05) is 24.3 Å². The monoisotopic (exact) mass is 290 g/mol. The highest BCUT2D eigenvalue weighted by atomic mass is 16.5. The molecule has 2 amide bonds. The number of rotatable bonds is 7. The summed E-state index contributed by atoms with van der Waals surface area (Å²) in [6.45, 7) is 2.07. The molecule has 0 bridgehead atoms. The van der Waals surface area contributed by atoms with Gasteiger partial charge in [-0.05, 0) is 30.2 Å². The summed E-state index contributed by atoms with van der Waals surface area (Å²) in [4.78, 5) is 22.9. The molecule has 0 fully saturated rings. The Kier molecular flexibility index (Phi) is 7.64. The van der Waals surface area contributed by atoms with Crippen molar-refractivity contribution < 1.29 is 14.3 Å². The molecule has 114 valence electrons. The molecule has 1 rings (SSSR count). The van der Waals surface area contributed by atoms with Crippen molar-refractivity contribution in [1.29, 1.82) is 0 Å². The minimum atomic E-state index is -0.366. The van der Waals surface area contributed by atoms with Crippen molar-refractivity contribution in [2.45, 2.75) is 32.6 Å². The Morgan fingerprint density at radius 1 is 1.14 bits per heavy atom. The molecule has 5 heteroatoms. The third kappa shape index (κ3) is 7.15. The van der Waals surface area contributed by atoms with E-state index >= 15 is 0 Å². The Hall–Kier alpha value is -2.30. The highest BCUT2D eigenvalue weighted by Crippen LogP contribution is 2.12. The van der Waals surface area contributed by atoms with Crippen molar-refractivity contribution in [3.05, 3.63) is 35.9 Å². The zero-order valence-electron chi connectivity index (χ0n) is 12.5. The SMILES string of the molecule is CCCCCC(=O)NNC(=O)C=Cc1ccc(OC)cc1. The van der Waals surface area contributed by atoms with E-state index in [0.29, 0.717) is 6.42 Å². The third-order valence-electron chi connectivity index (χ3n) is 2.88. The predicted molar refractivity (Wildman–Crippen MR) is 82.5 cm³/mol. The number of amides is 2. The molecule has 0 unspecified atom stereocenters. The molecule has 2 N–H and O–H groups in total. The Morgan fingerprint density at radius 2 is 1.86 bits per heavy atom. The minimum absolute atomic E-state index is 0.172. The second-order valence-corrected chi connectivity index (χ2v) is 4.60. The molecule has 0 spiro atoms. The van der Waals surface area contributed by atoms with Crippen molar-refractivity contribution in [2.75, 3.05) is 7.11 Å². The summed E-state index contributed by atoms with van der Waals surface area (Å²) in [7, 11) is 1.60. The standard InChI is InChI=1S/C16H22N2O3/c1-3-4-5-6-15(19)17-18-16(20)12-9-13-7-10-14(21-2)11-8-13/h7-12H,3-6H2,1-2H3,(H,17,19)(H,18,20). The fourth-order valence-corrected chi connectivity index (χ4v) is 1.66. The van der Waals surface area contributed by atoms with Crippen LogP contribution in [-0.4, -0.2) is 18.9 Å². The number of hydrazine groups is 1. The van der Waals surface area contributed by atoms with E-state index in [0.717, 1.165) is 30.6 Å². The van der Waals surface area contributed by atoms with Crippen molar-refractivity contribution >= 4 is 17.9 Å². The lowest BCUT2D eigenvalue weighted by atomic mass is 10.2. The van der Waals surface area contributed by atoms with Gasteiger partial charge in [-0.2, -0.15) is 0 Å². The molecular weight excluding hydrogens is 268 g/mol. The molecule has 1 aromatic rings. The highest BCUT2D eigenvalue weighted by Gasteiger charge is 2.01. The second-order valence-electron chi connectivity index (χ2n) is 4.60. The quantitative estimate of drug-likeness (QED) is 0.460. The molecule has 0 aliphatic carbocycles. The summed E-state index contributed by atoms with van der Waals surface area (Å²) in [5.74, 6) is 0.222. The van der Waals surface area contributed by atoms with Crippen molar-refractivity contribution in [3.8, 4) is 5.75 Å². The molecule has 0 aromatic heterocycles. The first-order chi connectivity index (χ1) is 10.2. The van der Waals surface area contributed by atoms with Crippen molar-refractivity contribution in [2.24, 2.45) is 0 Å². The van der Waals surface area contributed by atoms with Gasteiger partial charge in [-0.15, -0.1) is 0 Å². The molecule has 0 aliphatic heterocycles. The summed E-state index contributed by atoms with van der Waals surface area (Å²) in [6.07, 6.45) is 6.37. The molecular formula is C16H22N2O3. The van der Waals surface area contributed by atoms with Crippen molar-refractivity contribution in [3.63, 3.8) is 0 Å². The van der Waals surface area contributed by atoms with Crippen molar-refractivity contribution in [1.82, 2.24) is 10.9 Å². The van der Waals surface area contributed by atoms with E-state index < -0.39 is 0 Å². The van der Waals surface area contributed by atoms with Gasteiger partial charge in [0.1, 0.15) is 5.75 Å². The van der Waals surface area contributed by atoms with E-state index in [4.69, 9.17) is 4.74 Å². The fourth-order valence-electron chi connectivity index (χ4n) is 1.66. The number of hydrogen-bond donors (Lipinski definition) is 2. The van der Waals surface area contributed by atoms with Crippen LogP contribution in [0.15, 0.2) is 30.3 Å². The molecule has 0 radical (unpaired) electrons. The predicted octanol–water partition coefficient (Wildman–Crippen LogP) is 2.44. The van der Waals surface area contributed by atoms with E-state index in [1.165, 1.54) is 6.08 Å². The molecule has 1 aromatic carbocycles. The van der Waals surface area contributed by atoms with Crippen LogP contribution in [0.1, 0.15) is 38.2 Å². The maximum absolute atomic E-state index is 11.5. The number of methoxy groups -OCH3 is 1. The normalized spacial score (nSPS) is 10.4. The number of benzene rings is 1. The minimum Gasteiger partial charge on any atom is -0.497 e. The van der Waals surface area contributed by atoms with Gasteiger partial charge in [-0.1, -0.05) is 31.9 Å². The Labute approximate surface area is 125 Å². The third-order valence-corrected chi connectivity index (χ3v) is 2.88. The first kappa shape index (κ1) is 16.8. The molecule has 21 heavy (non-hydrogen) atoms. The number of hydrogen-bond acceptors (Lipinski definition) is 3. The molecule has 0 heterocycles. The van der Waals surface area contributed by atoms with Gasteiger partial charge in [0.25, 0.3) is 5.91 Å². The maximum atomic E-state index is 11.5. The molecule has 0 saturated carbocycles.